The highest BCUT2D eigenvalue weighted by molar-refractivity contribution is 5.16. The second-order valence-corrected chi connectivity index (χ2v) is 4.80. The molecule has 1 aliphatic heterocycles. The smallest absolute Gasteiger partial charge is 0.123 e. The highest BCUT2D eigenvalue weighted by Crippen LogP contribution is 2.17. The number of hydrogen-bond acceptors (Lipinski definition) is 2. The van der Waals surface area contributed by atoms with Gasteiger partial charge in [-0.2, -0.15) is 0 Å². The number of nitrogens with zero attached hydrogens (tertiary/aromatic N) is 1. The van der Waals surface area contributed by atoms with Crippen LogP contribution >= 0.6 is 0 Å². The summed E-state index contributed by atoms with van der Waals surface area (Å²) in [4.78, 5) is 2.47. The topological polar surface area (TPSA) is 29.3 Å². The van der Waals surface area contributed by atoms with Gasteiger partial charge < -0.3 is 5.73 Å². The van der Waals surface area contributed by atoms with Crippen molar-refractivity contribution in [3.8, 4) is 0 Å². The van der Waals surface area contributed by atoms with Crippen molar-refractivity contribution in [2.24, 2.45) is 5.73 Å². The Bertz CT molecular complexity index is 354. The number of halogens is 1. The van der Waals surface area contributed by atoms with Gasteiger partial charge in [-0.3, -0.25) is 4.90 Å². The van der Waals surface area contributed by atoms with E-state index in [2.05, 4.69) is 4.90 Å². The fraction of sp³-hybridized carbons (Fsp3) is 0.571. The summed E-state index contributed by atoms with van der Waals surface area (Å²) in [6.07, 6.45) is 4.53. The summed E-state index contributed by atoms with van der Waals surface area (Å²) in [5, 5.41) is 0. The van der Waals surface area contributed by atoms with E-state index in [1.165, 1.54) is 25.5 Å². The summed E-state index contributed by atoms with van der Waals surface area (Å²) < 4.78 is 13.0. The van der Waals surface area contributed by atoms with E-state index in [0.29, 0.717) is 6.04 Å². The van der Waals surface area contributed by atoms with Crippen LogP contribution in [0.2, 0.25) is 0 Å². The molecule has 0 spiro atoms. The third-order valence-electron chi connectivity index (χ3n) is 3.57. The lowest BCUT2D eigenvalue weighted by molar-refractivity contribution is 0.255. The first-order valence-electron chi connectivity index (χ1n) is 6.48. The van der Waals surface area contributed by atoms with E-state index in [9.17, 15) is 4.39 Å². The van der Waals surface area contributed by atoms with Gasteiger partial charge in [0.2, 0.25) is 0 Å². The van der Waals surface area contributed by atoms with Crippen LogP contribution in [-0.2, 0) is 6.42 Å². The molecule has 0 aromatic heterocycles. The summed E-state index contributed by atoms with van der Waals surface area (Å²) in [7, 11) is 0. The average Bonchev–Trinajstić information content (AvgIpc) is 2.77. The van der Waals surface area contributed by atoms with Gasteiger partial charge in [-0.15, -0.1) is 0 Å². The molecular weight excluding hydrogens is 215 g/mol. The van der Waals surface area contributed by atoms with Gasteiger partial charge >= 0.3 is 0 Å². The number of likely N-dealkylation sites (tertiary alicyclic amines) is 1. The van der Waals surface area contributed by atoms with Crippen molar-refractivity contribution >= 4 is 0 Å². The van der Waals surface area contributed by atoms with Crippen molar-refractivity contribution in [2.75, 3.05) is 19.6 Å². The standard InChI is InChI=1S/C14H21FN2/c15-13-6-1-4-12(10-13)5-2-8-17-9-3-7-14(17)11-16/h1,4,6,10,14H,2-3,5,7-9,11,16H2. The predicted octanol–water partition coefficient (Wildman–Crippen LogP) is 2.18. The van der Waals surface area contributed by atoms with Crippen LogP contribution in [0.5, 0.6) is 0 Å². The highest BCUT2D eigenvalue weighted by atomic mass is 19.1. The van der Waals surface area contributed by atoms with Crippen molar-refractivity contribution in [2.45, 2.75) is 31.7 Å². The number of benzene rings is 1. The fourth-order valence-corrected chi connectivity index (χ4v) is 2.64. The Balaban J connectivity index is 1.76. The van der Waals surface area contributed by atoms with E-state index in [4.69, 9.17) is 5.73 Å². The monoisotopic (exact) mass is 236 g/mol. The van der Waals surface area contributed by atoms with Crippen LogP contribution in [0.3, 0.4) is 0 Å². The summed E-state index contributed by atoms with van der Waals surface area (Å²) in [5.74, 6) is -0.136. The van der Waals surface area contributed by atoms with E-state index in [-0.39, 0.29) is 5.82 Å². The van der Waals surface area contributed by atoms with Crippen LogP contribution in [0.1, 0.15) is 24.8 Å². The van der Waals surface area contributed by atoms with Crippen LogP contribution in [0.15, 0.2) is 24.3 Å². The zero-order valence-corrected chi connectivity index (χ0v) is 10.2. The number of rotatable bonds is 5. The number of aryl methyl sites for hydroxylation is 1. The molecule has 0 aliphatic carbocycles. The van der Waals surface area contributed by atoms with Gasteiger partial charge in [0.05, 0.1) is 0 Å². The van der Waals surface area contributed by atoms with Gasteiger partial charge in [0.25, 0.3) is 0 Å². The van der Waals surface area contributed by atoms with E-state index in [0.717, 1.165) is 31.5 Å². The van der Waals surface area contributed by atoms with Gasteiger partial charge in [0, 0.05) is 12.6 Å². The lowest BCUT2D eigenvalue weighted by Crippen LogP contribution is -2.36. The minimum atomic E-state index is -0.136. The SMILES string of the molecule is NCC1CCCN1CCCc1cccc(F)c1. The first kappa shape index (κ1) is 12.5. The molecule has 1 saturated heterocycles. The summed E-state index contributed by atoms with van der Waals surface area (Å²) in [6, 6.07) is 7.47. The van der Waals surface area contributed by atoms with E-state index >= 15 is 0 Å². The van der Waals surface area contributed by atoms with E-state index in [1.807, 2.05) is 6.07 Å². The molecule has 2 nitrogen and oxygen atoms in total. The maximum Gasteiger partial charge on any atom is 0.123 e. The van der Waals surface area contributed by atoms with E-state index < -0.39 is 0 Å². The molecule has 3 heteroatoms. The quantitative estimate of drug-likeness (QED) is 0.849. The first-order chi connectivity index (χ1) is 8.29. The van der Waals surface area contributed by atoms with Gasteiger partial charge in [0.15, 0.2) is 0 Å². The van der Waals surface area contributed by atoms with Crippen molar-refractivity contribution in [1.29, 1.82) is 0 Å². The Morgan fingerprint density at radius 3 is 3.06 bits per heavy atom. The highest BCUT2D eigenvalue weighted by Gasteiger charge is 2.21. The van der Waals surface area contributed by atoms with Crippen LogP contribution < -0.4 is 5.73 Å². The maximum atomic E-state index is 13.0. The summed E-state index contributed by atoms with van der Waals surface area (Å²) in [5.41, 5.74) is 6.83. The first-order valence-corrected chi connectivity index (χ1v) is 6.48. The lowest BCUT2D eigenvalue weighted by atomic mass is 10.1. The molecule has 1 aliphatic rings. The molecule has 1 atom stereocenters. The number of nitrogens with two attached hydrogens (primary N) is 1. The van der Waals surface area contributed by atoms with Crippen molar-refractivity contribution < 1.29 is 4.39 Å². The molecule has 0 saturated carbocycles. The van der Waals surface area contributed by atoms with Gasteiger partial charge in [-0.1, -0.05) is 12.1 Å². The van der Waals surface area contributed by atoms with Crippen LogP contribution in [0.25, 0.3) is 0 Å². The molecule has 2 rings (SSSR count). The summed E-state index contributed by atoms with van der Waals surface area (Å²) in [6.45, 7) is 3.02. The molecule has 1 unspecified atom stereocenters. The van der Waals surface area contributed by atoms with Crippen LogP contribution in [0, 0.1) is 5.82 Å². The maximum absolute atomic E-state index is 13.0. The van der Waals surface area contributed by atoms with Crippen molar-refractivity contribution in [3.63, 3.8) is 0 Å². The Hall–Kier alpha value is -0.930. The molecule has 17 heavy (non-hydrogen) atoms. The largest absolute Gasteiger partial charge is 0.329 e. The molecule has 2 N–H and O–H groups in total. The van der Waals surface area contributed by atoms with E-state index in [1.54, 1.807) is 12.1 Å². The Kier molecular flexibility index (Phi) is 4.51. The fourth-order valence-electron chi connectivity index (χ4n) is 2.64. The Morgan fingerprint density at radius 1 is 1.41 bits per heavy atom. The minimum Gasteiger partial charge on any atom is -0.329 e. The molecule has 1 heterocycles. The molecule has 1 aromatic rings. The van der Waals surface area contributed by atoms with Crippen molar-refractivity contribution in [3.05, 3.63) is 35.6 Å². The second-order valence-electron chi connectivity index (χ2n) is 4.80. The lowest BCUT2D eigenvalue weighted by Gasteiger charge is -2.22. The second kappa shape index (κ2) is 6.12. The molecule has 0 radical (unpaired) electrons. The Labute approximate surface area is 103 Å². The van der Waals surface area contributed by atoms with Crippen LogP contribution in [0.4, 0.5) is 4.39 Å². The molecule has 1 fully saturated rings. The van der Waals surface area contributed by atoms with Gasteiger partial charge in [-0.25, -0.2) is 4.39 Å². The van der Waals surface area contributed by atoms with Crippen molar-refractivity contribution in [1.82, 2.24) is 4.90 Å². The Morgan fingerprint density at radius 2 is 2.29 bits per heavy atom. The molecule has 1 aromatic carbocycles. The molecule has 0 bridgehead atoms. The number of hydrogen-bond donors (Lipinski definition) is 1. The van der Waals surface area contributed by atoms with Crippen LogP contribution in [-0.4, -0.2) is 30.6 Å². The minimum absolute atomic E-state index is 0.136. The average molecular weight is 236 g/mol. The zero-order valence-electron chi connectivity index (χ0n) is 10.2. The molecule has 94 valence electrons. The normalized spacial score (nSPS) is 20.9. The molecular formula is C14H21FN2. The van der Waals surface area contributed by atoms with Gasteiger partial charge in [0.1, 0.15) is 5.82 Å². The third-order valence-corrected chi connectivity index (χ3v) is 3.57. The predicted molar refractivity (Wildman–Crippen MR) is 68.4 cm³/mol. The third kappa shape index (κ3) is 3.51. The summed E-state index contributed by atoms with van der Waals surface area (Å²) >= 11 is 0. The zero-order chi connectivity index (χ0) is 12.1. The van der Waals surface area contributed by atoms with Gasteiger partial charge in [-0.05, 0) is 56.5 Å². The molecule has 0 amide bonds.